The van der Waals surface area contributed by atoms with Crippen LogP contribution in [0.5, 0.6) is 0 Å². The van der Waals surface area contributed by atoms with E-state index < -0.39 is 11.5 Å². The molecule has 1 aromatic carbocycles. The van der Waals surface area contributed by atoms with E-state index >= 15 is 0 Å². The largest absolute Gasteiger partial charge is 0.394 e. The van der Waals surface area contributed by atoms with Crippen LogP contribution in [0.25, 0.3) is 0 Å². The number of benzene rings is 1. The third-order valence-electron chi connectivity index (χ3n) is 4.53. The summed E-state index contributed by atoms with van der Waals surface area (Å²) in [5.74, 6) is -0.426. The number of aliphatic hydroxyl groups excluding tert-OH is 1. The third-order valence-corrected chi connectivity index (χ3v) is 4.53. The van der Waals surface area contributed by atoms with Gasteiger partial charge in [0.15, 0.2) is 0 Å². The van der Waals surface area contributed by atoms with Crippen molar-refractivity contribution >= 4 is 29.3 Å². The predicted molar refractivity (Wildman–Crippen MR) is 106 cm³/mol. The minimum absolute atomic E-state index is 0.166. The predicted octanol–water partition coefficient (Wildman–Crippen LogP) is 1.60. The lowest BCUT2D eigenvalue weighted by Gasteiger charge is -2.23. The molecule has 0 saturated carbocycles. The lowest BCUT2D eigenvalue weighted by Crippen LogP contribution is -2.46. The Hall–Kier alpha value is -3.51. The van der Waals surface area contributed by atoms with Gasteiger partial charge in [0.1, 0.15) is 11.7 Å². The number of aliphatic hydroxyl groups is 1. The van der Waals surface area contributed by atoms with Gasteiger partial charge in [-0.15, -0.1) is 0 Å². The summed E-state index contributed by atoms with van der Waals surface area (Å²) in [6.45, 7) is 3.74. The molecule has 3 rings (SSSR count). The van der Waals surface area contributed by atoms with Gasteiger partial charge < -0.3 is 15.7 Å². The van der Waals surface area contributed by atoms with E-state index in [9.17, 15) is 14.7 Å². The molecule has 0 bridgehead atoms. The molecule has 1 fully saturated rings. The number of hydrogen-bond acceptors (Lipinski definition) is 7. The summed E-state index contributed by atoms with van der Waals surface area (Å²) in [5.41, 5.74) is 0.416. The molecular formula is C20H22N6O3. The Bertz CT molecular complexity index is 951. The van der Waals surface area contributed by atoms with E-state index in [2.05, 4.69) is 20.6 Å². The Morgan fingerprint density at radius 2 is 2.07 bits per heavy atom. The highest BCUT2D eigenvalue weighted by atomic mass is 16.3. The highest BCUT2D eigenvalue weighted by molar-refractivity contribution is 5.98. The number of nitriles is 1. The first-order chi connectivity index (χ1) is 13.8. The number of anilines is 3. The molecule has 1 aliphatic heterocycles. The fourth-order valence-corrected chi connectivity index (χ4v) is 2.84. The van der Waals surface area contributed by atoms with E-state index in [4.69, 9.17) is 5.26 Å². The van der Waals surface area contributed by atoms with Crippen LogP contribution in [-0.2, 0) is 4.79 Å². The average Bonchev–Trinajstić information content (AvgIpc) is 3.09. The number of aromatic nitrogens is 2. The molecule has 1 saturated heterocycles. The summed E-state index contributed by atoms with van der Waals surface area (Å²) in [6, 6.07) is 10.3. The number of carbonyl (C=O) groups excluding carboxylic acids is 2. The van der Waals surface area contributed by atoms with Gasteiger partial charge in [-0.3, -0.25) is 14.5 Å². The van der Waals surface area contributed by atoms with Crippen molar-refractivity contribution in [1.29, 1.82) is 5.26 Å². The molecule has 1 aromatic heterocycles. The van der Waals surface area contributed by atoms with Crippen LogP contribution in [0, 0.1) is 17.2 Å². The van der Waals surface area contributed by atoms with Crippen LogP contribution in [0.3, 0.4) is 0 Å². The highest BCUT2D eigenvalue weighted by Gasteiger charge is 2.33. The zero-order chi connectivity index (χ0) is 21.0. The third kappa shape index (κ3) is 4.67. The fourth-order valence-electron chi connectivity index (χ4n) is 2.84. The maximum atomic E-state index is 12.2. The number of rotatable bonds is 6. The van der Waals surface area contributed by atoms with Crippen molar-refractivity contribution in [3.05, 3.63) is 42.1 Å². The molecule has 0 aliphatic carbocycles. The second kappa shape index (κ2) is 8.24. The van der Waals surface area contributed by atoms with Gasteiger partial charge in [0.05, 0.1) is 18.2 Å². The number of hydrogen-bond donors (Lipinski definition) is 3. The topological polar surface area (TPSA) is 131 Å². The van der Waals surface area contributed by atoms with E-state index in [1.807, 2.05) is 6.07 Å². The number of carbonyl (C=O) groups is 2. The molecule has 0 spiro atoms. The highest BCUT2D eigenvalue weighted by Crippen LogP contribution is 2.24. The van der Waals surface area contributed by atoms with Crippen LogP contribution in [0.15, 0.2) is 36.5 Å². The first kappa shape index (κ1) is 20.2. The molecular weight excluding hydrogens is 372 g/mol. The van der Waals surface area contributed by atoms with E-state index in [1.165, 1.54) is 11.1 Å². The molecule has 2 amide bonds. The molecule has 9 nitrogen and oxygen atoms in total. The Morgan fingerprint density at radius 3 is 2.69 bits per heavy atom. The van der Waals surface area contributed by atoms with Crippen LogP contribution in [0.2, 0.25) is 0 Å². The van der Waals surface area contributed by atoms with Crippen molar-refractivity contribution in [2.75, 3.05) is 23.4 Å². The molecule has 1 aliphatic rings. The van der Waals surface area contributed by atoms with Gasteiger partial charge in [-0.05, 0) is 50.6 Å². The summed E-state index contributed by atoms with van der Waals surface area (Å²) >= 11 is 0. The monoisotopic (exact) mass is 394 g/mol. The van der Waals surface area contributed by atoms with E-state index in [0.29, 0.717) is 36.0 Å². The van der Waals surface area contributed by atoms with Gasteiger partial charge in [0, 0.05) is 24.0 Å². The number of nitrogens with one attached hydrogen (secondary N) is 2. The van der Waals surface area contributed by atoms with Crippen LogP contribution in [0.4, 0.5) is 17.5 Å². The Morgan fingerprint density at radius 1 is 1.34 bits per heavy atom. The lowest BCUT2D eigenvalue weighted by molar-refractivity contribution is -0.119. The average molecular weight is 394 g/mol. The van der Waals surface area contributed by atoms with Crippen molar-refractivity contribution in [3.63, 3.8) is 0 Å². The molecule has 0 radical (unpaired) electrons. The summed E-state index contributed by atoms with van der Waals surface area (Å²) in [6.07, 6.45) is 2.02. The van der Waals surface area contributed by atoms with Crippen LogP contribution >= 0.6 is 0 Å². The normalized spacial score (nSPS) is 16.4. The number of amides is 2. The summed E-state index contributed by atoms with van der Waals surface area (Å²) < 4.78 is 0. The molecule has 150 valence electrons. The zero-order valence-corrected chi connectivity index (χ0v) is 16.2. The summed E-state index contributed by atoms with van der Waals surface area (Å²) in [4.78, 5) is 34.4. The van der Waals surface area contributed by atoms with Crippen molar-refractivity contribution < 1.29 is 14.7 Å². The maximum absolute atomic E-state index is 12.2. The molecule has 3 N–H and O–H groups in total. The first-order valence-electron chi connectivity index (χ1n) is 9.17. The van der Waals surface area contributed by atoms with Crippen LogP contribution in [-0.4, -0.2) is 45.6 Å². The van der Waals surface area contributed by atoms with Crippen molar-refractivity contribution in [2.24, 2.45) is 5.92 Å². The summed E-state index contributed by atoms with van der Waals surface area (Å²) in [7, 11) is 0. The van der Waals surface area contributed by atoms with Crippen LogP contribution < -0.4 is 15.5 Å². The minimum Gasteiger partial charge on any atom is -0.394 e. The second-order valence-corrected chi connectivity index (χ2v) is 7.40. The second-order valence-electron chi connectivity index (χ2n) is 7.40. The van der Waals surface area contributed by atoms with Gasteiger partial charge in [0.25, 0.3) is 5.91 Å². The first-order valence-corrected chi connectivity index (χ1v) is 9.17. The van der Waals surface area contributed by atoms with Gasteiger partial charge in [-0.1, -0.05) is 0 Å². The zero-order valence-electron chi connectivity index (χ0n) is 16.2. The smallest absolute Gasteiger partial charge is 0.251 e. The van der Waals surface area contributed by atoms with Gasteiger partial charge in [-0.25, -0.2) is 4.98 Å². The van der Waals surface area contributed by atoms with E-state index in [1.54, 1.807) is 44.2 Å². The lowest BCUT2D eigenvalue weighted by atomic mass is 10.1. The van der Waals surface area contributed by atoms with Gasteiger partial charge in [-0.2, -0.15) is 10.2 Å². The molecule has 1 unspecified atom stereocenters. The van der Waals surface area contributed by atoms with Crippen molar-refractivity contribution in [2.45, 2.75) is 25.8 Å². The molecule has 9 heteroatoms. The number of nitrogens with zero attached hydrogens (tertiary/aromatic N) is 4. The fraction of sp³-hybridized carbons (Fsp3) is 0.350. The maximum Gasteiger partial charge on any atom is 0.251 e. The van der Waals surface area contributed by atoms with Gasteiger partial charge >= 0.3 is 0 Å². The minimum atomic E-state index is -0.708. The van der Waals surface area contributed by atoms with E-state index in [0.717, 1.165) is 0 Å². The quantitative estimate of drug-likeness (QED) is 0.678. The van der Waals surface area contributed by atoms with Crippen molar-refractivity contribution in [1.82, 2.24) is 15.3 Å². The Balaban J connectivity index is 1.69. The van der Waals surface area contributed by atoms with Gasteiger partial charge in [0.2, 0.25) is 11.9 Å². The standard InChI is InChI=1S/C20H22N6O3/c1-20(2,12-27)25-17(28)13-3-5-15(6-4-13)23-19-22-9-7-16(24-19)26-10-8-14(11-21)18(26)29/h3-7,9,14,27H,8,10,12H2,1-2H3,(H,25,28)(H,22,23,24). The SMILES string of the molecule is CC(C)(CO)NC(=O)c1ccc(Nc2nccc(N3CCC(C#N)C3=O)n2)cc1. The van der Waals surface area contributed by atoms with E-state index in [-0.39, 0.29) is 18.4 Å². The summed E-state index contributed by atoms with van der Waals surface area (Å²) in [5, 5.41) is 24.1. The van der Waals surface area contributed by atoms with Crippen LogP contribution in [0.1, 0.15) is 30.6 Å². The Labute approximate surface area is 168 Å². The molecule has 1 atom stereocenters. The molecule has 2 heterocycles. The Kier molecular flexibility index (Phi) is 5.75. The van der Waals surface area contributed by atoms with Crippen molar-refractivity contribution in [3.8, 4) is 6.07 Å². The molecule has 29 heavy (non-hydrogen) atoms. The molecule has 2 aromatic rings.